The lowest BCUT2D eigenvalue weighted by Gasteiger charge is -2.10. The van der Waals surface area contributed by atoms with E-state index in [0.29, 0.717) is 11.7 Å². The number of fused-ring (bicyclic) bond motifs is 3. The molecule has 0 spiro atoms. The molecule has 1 aliphatic rings. The number of aromatic nitrogens is 3. The van der Waals surface area contributed by atoms with Crippen LogP contribution in [0, 0.1) is 13.8 Å². The number of Topliss-reactive ketones (excluding diaryl/α,β-unsaturated/α-hetero) is 1. The van der Waals surface area contributed by atoms with Crippen LogP contribution in [0.2, 0.25) is 0 Å². The van der Waals surface area contributed by atoms with Crippen LogP contribution in [-0.2, 0) is 26.4 Å². The lowest BCUT2D eigenvalue weighted by atomic mass is 10.1. The predicted octanol–water partition coefficient (Wildman–Crippen LogP) is 4.84. The van der Waals surface area contributed by atoms with Crippen molar-refractivity contribution in [2.45, 2.75) is 57.7 Å². The Balaban J connectivity index is 1.70. The Hall–Kier alpha value is -2.12. The van der Waals surface area contributed by atoms with E-state index in [1.165, 1.54) is 35.0 Å². The molecule has 0 atom stereocenters. The normalized spacial score (nSPS) is 14.0. The molecular formula is C23H27N3O2S2. The average Bonchev–Trinajstić information content (AvgIpc) is 3.09. The highest BCUT2D eigenvalue weighted by molar-refractivity contribution is 7.99. The first-order chi connectivity index (χ1) is 14.4. The molecule has 0 N–H and O–H groups in total. The topological polar surface area (TPSA) is 56.9 Å². The van der Waals surface area contributed by atoms with Crippen LogP contribution in [0.25, 0.3) is 10.2 Å². The SMILES string of the molecule is C=CCn1c(SCC(=O)c2cc(C)n(C)c2C)nc2sc3c(c2c1=O)CCCCC3. The fourth-order valence-electron chi connectivity index (χ4n) is 4.14. The van der Waals surface area contributed by atoms with E-state index in [1.807, 2.05) is 31.5 Å². The van der Waals surface area contributed by atoms with E-state index in [2.05, 4.69) is 6.58 Å². The van der Waals surface area contributed by atoms with E-state index in [4.69, 9.17) is 4.98 Å². The molecule has 0 fully saturated rings. The Bertz CT molecular complexity index is 1200. The second-order valence-corrected chi connectivity index (χ2v) is 9.93. The molecule has 0 saturated carbocycles. The first kappa shape index (κ1) is 21.1. The van der Waals surface area contributed by atoms with Crippen molar-refractivity contribution in [3.8, 4) is 0 Å². The Morgan fingerprint density at radius 1 is 1.30 bits per heavy atom. The second kappa shape index (κ2) is 8.55. The van der Waals surface area contributed by atoms with Crippen LogP contribution in [0.3, 0.4) is 0 Å². The van der Waals surface area contributed by atoms with Gasteiger partial charge in [-0.25, -0.2) is 4.98 Å². The van der Waals surface area contributed by atoms with Gasteiger partial charge < -0.3 is 4.57 Å². The highest BCUT2D eigenvalue weighted by Gasteiger charge is 2.22. The van der Waals surface area contributed by atoms with Gasteiger partial charge in [-0.1, -0.05) is 24.3 Å². The molecule has 7 heteroatoms. The highest BCUT2D eigenvalue weighted by atomic mass is 32.2. The highest BCUT2D eigenvalue weighted by Crippen LogP contribution is 2.34. The van der Waals surface area contributed by atoms with Crippen molar-refractivity contribution in [2.75, 3.05) is 5.75 Å². The fourth-order valence-corrected chi connectivity index (χ4v) is 6.34. The summed E-state index contributed by atoms with van der Waals surface area (Å²) in [6.07, 6.45) is 7.22. The van der Waals surface area contributed by atoms with Crippen molar-refractivity contribution in [1.82, 2.24) is 14.1 Å². The Morgan fingerprint density at radius 2 is 2.07 bits per heavy atom. The van der Waals surface area contributed by atoms with Crippen LogP contribution in [0.5, 0.6) is 0 Å². The summed E-state index contributed by atoms with van der Waals surface area (Å²) in [5.41, 5.74) is 3.96. The molecule has 0 aromatic carbocycles. The molecule has 0 bridgehead atoms. The van der Waals surface area contributed by atoms with Crippen molar-refractivity contribution < 1.29 is 4.79 Å². The number of ketones is 1. The lowest BCUT2D eigenvalue weighted by molar-refractivity contribution is 0.102. The maximum Gasteiger partial charge on any atom is 0.263 e. The third kappa shape index (κ3) is 3.69. The smallest absolute Gasteiger partial charge is 0.263 e. The maximum atomic E-state index is 13.4. The summed E-state index contributed by atoms with van der Waals surface area (Å²) in [5.74, 6) is 0.312. The molecule has 4 rings (SSSR count). The number of hydrogen-bond donors (Lipinski definition) is 0. The van der Waals surface area contributed by atoms with Crippen LogP contribution in [0.4, 0.5) is 0 Å². The minimum absolute atomic E-state index is 0.000912. The molecule has 0 radical (unpaired) electrons. The summed E-state index contributed by atoms with van der Waals surface area (Å²) in [4.78, 5) is 33.2. The minimum Gasteiger partial charge on any atom is -0.351 e. The number of allylic oxidation sites excluding steroid dienone is 1. The molecule has 0 saturated heterocycles. The van der Waals surface area contributed by atoms with E-state index in [9.17, 15) is 9.59 Å². The quantitative estimate of drug-likeness (QED) is 0.181. The zero-order chi connectivity index (χ0) is 21.4. The molecule has 1 aliphatic carbocycles. The van der Waals surface area contributed by atoms with Gasteiger partial charge >= 0.3 is 0 Å². The van der Waals surface area contributed by atoms with E-state index < -0.39 is 0 Å². The number of aryl methyl sites for hydroxylation is 3. The molecule has 3 aromatic rings. The van der Waals surface area contributed by atoms with Gasteiger partial charge in [0.2, 0.25) is 0 Å². The Morgan fingerprint density at radius 3 is 2.77 bits per heavy atom. The average molecular weight is 442 g/mol. The van der Waals surface area contributed by atoms with Gasteiger partial charge in [0.15, 0.2) is 10.9 Å². The standard InChI is InChI=1S/C23H27N3O2S2/c1-5-11-26-22(28)20-16-9-7-6-8-10-19(16)30-21(20)24-23(26)29-13-18(27)17-12-14(2)25(4)15(17)3/h5,12H,1,6-11,13H2,2-4H3. The van der Waals surface area contributed by atoms with Crippen LogP contribution >= 0.6 is 23.1 Å². The summed E-state index contributed by atoms with van der Waals surface area (Å²) in [5, 5.41) is 1.38. The summed E-state index contributed by atoms with van der Waals surface area (Å²) in [6, 6.07) is 1.93. The number of rotatable bonds is 6. The first-order valence-electron chi connectivity index (χ1n) is 10.4. The second-order valence-electron chi connectivity index (χ2n) is 7.90. The van der Waals surface area contributed by atoms with Crippen molar-refractivity contribution in [3.05, 3.63) is 56.5 Å². The first-order valence-corrected chi connectivity index (χ1v) is 12.2. The third-order valence-corrected chi connectivity index (χ3v) is 8.17. The van der Waals surface area contributed by atoms with E-state index in [-0.39, 0.29) is 17.1 Å². The van der Waals surface area contributed by atoms with Crippen molar-refractivity contribution in [1.29, 1.82) is 0 Å². The van der Waals surface area contributed by atoms with Gasteiger partial charge in [0.1, 0.15) is 4.83 Å². The number of hydrogen-bond acceptors (Lipinski definition) is 5. The summed E-state index contributed by atoms with van der Waals surface area (Å²) >= 11 is 3.00. The molecule has 5 nitrogen and oxygen atoms in total. The maximum absolute atomic E-state index is 13.4. The molecular weight excluding hydrogens is 414 g/mol. The summed E-state index contributed by atoms with van der Waals surface area (Å²) in [7, 11) is 1.96. The largest absolute Gasteiger partial charge is 0.351 e. The van der Waals surface area contributed by atoms with Gasteiger partial charge in [0.05, 0.1) is 11.1 Å². The monoisotopic (exact) mass is 441 g/mol. The molecule has 0 aliphatic heterocycles. The lowest BCUT2D eigenvalue weighted by Crippen LogP contribution is -2.23. The van der Waals surface area contributed by atoms with Gasteiger partial charge in [0, 0.05) is 35.4 Å². The Labute approximate surface area is 184 Å². The molecule has 3 aromatic heterocycles. The van der Waals surface area contributed by atoms with E-state index in [0.717, 1.165) is 46.4 Å². The number of carbonyl (C=O) groups excluding carboxylic acids is 1. The molecule has 158 valence electrons. The summed E-state index contributed by atoms with van der Waals surface area (Å²) < 4.78 is 3.70. The predicted molar refractivity (Wildman–Crippen MR) is 125 cm³/mol. The fraction of sp³-hybridized carbons (Fsp3) is 0.435. The van der Waals surface area contributed by atoms with E-state index >= 15 is 0 Å². The van der Waals surface area contributed by atoms with Gasteiger partial charge in [-0.3, -0.25) is 14.2 Å². The van der Waals surface area contributed by atoms with Gasteiger partial charge in [-0.05, 0) is 51.2 Å². The number of nitrogens with zero attached hydrogens (tertiary/aromatic N) is 3. The Kier molecular flexibility index (Phi) is 6.02. The number of thioether (sulfide) groups is 1. The van der Waals surface area contributed by atoms with Crippen LogP contribution < -0.4 is 5.56 Å². The zero-order valence-corrected chi connectivity index (χ0v) is 19.4. The van der Waals surface area contributed by atoms with Crippen LogP contribution in [-0.4, -0.2) is 25.7 Å². The van der Waals surface area contributed by atoms with Crippen molar-refractivity contribution in [2.24, 2.45) is 7.05 Å². The van der Waals surface area contributed by atoms with Crippen molar-refractivity contribution >= 4 is 39.1 Å². The molecule has 0 unspecified atom stereocenters. The van der Waals surface area contributed by atoms with Gasteiger partial charge in [-0.2, -0.15) is 0 Å². The van der Waals surface area contributed by atoms with Crippen molar-refractivity contribution in [3.63, 3.8) is 0 Å². The van der Waals surface area contributed by atoms with Gasteiger partial charge in [0.25, 0.3) is 5.56 Å². The molecule has 30 heavy (non-hydrogen) atoms. The minimum atomic E-state index is 0.000912. The zero-order valence-electron chi connectivity index (χ0n) is 17.8. The van der Waals surface area contributed by atoms with E-state index in [1.54, 1.807) is 22.0 Å². The summed E-state index contributed by atoms with van der Waals surface area (Å²) in [6.45, 7) is 8.16. The molecule has 0 amide bonds. The number of carbonyl (C=O) groups is 1. The molecule has 3 heterocycles. The van der Waals surface area contributed by atoms with Gasteiger partial charge in [-0.15, -0.1) is 17.9 Å². The number of thiophene rings is 1. The third-order valence-electron chi connectivity index (χ3n) is 6.01. The van der Waals surface area contributed by atoms with Crippen LogP contribution in [0.1, 0.15) is 51.4 Å². The van der Waals surface area contributed by atoms with Crippen LogP contribution in [0.15, 0.2) is 28.7 Å².